The molecule has 0 N–H and O–H groups in total. The lowest BCUT2D eigenvalue weighted by molar-refractivity contribution is 0.0985. The number of carbonyl (C=O) groups is 1. The highest BCUT2D eigenvalue weighted by Gasteiger charge is 2.14. The van der Waals surface area contributed by atoms with Gasteiger partial charge in [0.05, 0.1) is 0 Å². The van der Waals surface area contributed by atoms with Crippen molar-refractivity contribution >= 4 is 11.4 Å². The van der Waals surface area contributed by atoms with E-state index in [9.17, 15) is 9.59 Å². The number of carbonyl (C=O) groups excluding carboxylic acids is 1. The van der Waals surface area contributed by atoms with Crippen LogP contribution in [0.4, 0.5) is 0 Å². The first-order chi connectivity index (χ1) is 7.15. The maximum Gasteiger partial charge on any atom is 0.352 e. The van der Waals surface area contributed by atoms with Crippen molar-refractivity contribution in [2.75, 3.05) is 0 Å². The van der Waals surface area contributed by atoms with Gasteiger partial charge < -0.3 is 0 Å². The van der Waals surface area contributed by atoms with Crippen LogP contribution in [0.3, 0.4) is 0 Å². The Bertz CT molecular complexity index is 582. The van der Waals surface area contributed by atoms with Crippen molar-refractivity contribution < 1.29 is 4.79 Å². The van der Waals surface area contributed by atoms with Crippen LogP contribution in [0.2, 0.25) is 0 Å². The van der Waals surface area contributed by atoms with Crippen molar-refractivity contribution in [3.63, 3.8) is 0 Å². The lowest BCUT2D eigenvalue weighted by Crippen LogP contribution is -2.27. The zero-order valence-electron chi connectivity index (χ0n) is 8.34. The van der Waals surface area contributed by atoms with Crippen molar-refractivity contribution in [3.8, 4) is 0 Å². The minimum atomic E-state index is -0.373. The second-order valence-corrected chi connectivity index (χ2v) is 3.06. The summed E-state index contributed by atoms with van der Waals surface area (Å²) in [5.74, 6) is -0.153. The summed E-state index contributed by atoms with van der Waals surface area (Å²) in [6, 6.07) is 0. The molecule has 0 aliphatic rings. The minimum absolute atomic E-state index is 0.153. The van der Waals surface area contributed by atoms with Crippen LogP contribution in [0.15, 0.2) is 11.1 Å². The van der Waals surface area contributed by atoms with Crippen molar-refractivity contribution in [2.24, 2.45) is 7.05 Å². The average molecular weight is 207 g/mol. The number of fused-ring (bicyclic) bond motifs is 1. The van der Waals surface area contributed by atoms with Crippen LogP contribution in [-0.2, 0) is 7.05 Å². The Morgan fingerprint density at radius 2 is 2.27 bits per heavy atom. The molecular weight excluding hydrogens is 198 g/mol. The van der Waals surface area contributed by atoms with Gasteiger partial charge in [0.15, 0.2) is 17.1 Å². The van der Waals surface area contributed by atoms with E-state index in [1.165, 1.54) is 17.8 Å². The molecule has 15 heavy (non-hydrogen) atoms. The molecule has 0 aliphatic carbocycles. The Kier molecular flexibility index (Phi) is 2.07. The highest BCUT2D eigenvalue weighted by Crippen LogP contribution is 2.05. The number of rotatable bonds is 2. The Hall–Kier alpha value is -2.05. The maximum absolute atomic E-state index is 11.5. The maximum atomic E-state index is 11.5. The van der Waals surface area contributed by atoms with Gasteiger partial charge in [0.25, 0.3) is 0 Å². The summed E-state index contributed by atoms with van der Waals surface area (Å²) in [7, 11) is 1.48. The first-order valence-electron chi connectivity index (χ1n) is 4.45. The molecule has 0 saturated heterocycles. The van der Waals surface area contributed by atoms with Gasteiger partial charge in [-0.2, -0.15) is 4.68 Å². The Morgan fingerprint density at radius 1 is 1.53 bits per heavy atom. The standard InChI is InChI=1S/C8H9N5O2/c1-3-5(14)6-7-10-11-12(2)8(15)13(7)4-9-6/h4H,3H2,1-2H3. The molecule has 0 fully saturated rings. The van der Waals surface area contributed by atoms with Crippen LogP contribution < -0.4 is 5.69 Å². The van der Waals surface area contributed by atoms with Gasteiger partial charge in [-0.1, -0.05) is 12.1 Å². The van der Waals surface area contributed by atoms with E-state index in [4.69, 9.17) is 0 Å². The first-order valence-corrected chi connectivity index (χ1v) is 4.45. The fraction of sp³-hybridized carbons (Fsp3) is 0.375. The number of aromatic nitrogens is 5. The number of aryl methyl sites for hydroxylation is 1. The highest BCUT2D eigenvalue weighted by atomic mass is 16.2. The topological polar surface area (TPSA) is 82.2 Å². The zero-order chi connectivity index (χ0) is 11.0. The van der Waals surface area contributed by atoms with Gasteiger partial charge in [-0.05, 0) is 0 Å². The molecule has 2 heterocycles. The van der Waals surface area contributed by atoms with Crippen LogP contribution in [0.1, 0.15) is 23.8 Å². The summed E-state index contributed by atoms with van der Waals surface area (Å²) < 4.78 is 2.28. The fourth-order valence-corrected chi connectivity index (χ4v) is 1.25. The molecule has 0 aromatic carbocycles. The van der Waals surface area contributed by atoms with Gasteiger partial charge in [-0.15, -0.1) is 5.10 Å². The Balaban J connectivity index is 2.78. The van der Waals surface area contributed by atoms with E-state index < -0.39 is 0 Å². The molecule has 7 nitrogen and oxygen atoms in total. The number of ketones is 1. The van der Waals surface area contributed by atoms with Crippen LogP contribution in [-0.4, -0.2) is 30.2 Å². The molecule has 0 radical (unpaired) electrons. The monoisotopic (exact) mass is 207 g/mol. The second kappa shape index (κ2) is 3.26. The summed E-state index contributed by atoms with van der Waals surface area (Å²) in [4.78, 5) is 26.8. The molecule has 7 heteroatoms. The summed E-state index contributed by atoms with van der Waals surface area (Å²) in [5.41, 5.74) is 0.0373. The van der Waals surface area contributed by atoms with E-state index in [1.807, 2.05) is 0 Å². The van der Waals surface area contributed by atoms with Crippen LogP contribution >= 0.6 is 0 Å². The first kappa shape index (κ1) is 9.50. The van der Waals surface area contributed by atoms with Crippen molar-refractivity contribution in [3.05, 3.63) is 22.5 Å². The van der Waals surface area contributed by atoms with E-state index in [-0.39, 0.29) is 22.8 Å². The lowest BCUT2D eigenvalue weighted by Gasteiger charge is -1.96. The predicted octanol–water partition coefficient (Wildman–Crippen LogP) is -0.584. The summed E-state index contributed by atoms with van der Waals surface area (Å²) in [5, 5.41) is 7.36. The average Bonchev–Trinajstić information content (AvgIpc) is 2.66. The molecule has 0 saturated carbocycles. The molecule has 0 atom stereocenters. The van der Waals surface area contributed by atoms with E-state index in [2.05, 4.69) is 15.3 Å². The molecule has 2 aromatic rings. The van der Waals surface area contributed by atoms with Crippen LogP contribution in [0.25, 0.3) is 5.65 Å². The minimum Gasteiger partial charge on any atom is -0.292 e. The molecule has 2 rings (SSSR count). The Labute approximate surface area is 84.4 Å². The number of hydrogen-bond donors (Lipinski definition) is 0. The number of nitrogens with zero attached hydrogens (tertiary/aromatic N) is 5. The van der Waals surface area contributed by atoms with Gasteiger partial charge >= 0.3 is 5.69 Å². The number of hydrogen-bond acceptors (Lipinski definition) is 5. The normalized spacial score (nSPS) is 10.8. The highest BCUT2D eigenvalue weighted by molar-refractivity contribution is 5.99. The van der Waals surface area contributed by atoms with E-state index >= 15 is 0 Å². The SMILES string of the molecule is CCC(=O)c1ncn2c(=O)n(C)nnc12. The molecule has 0 spiro atoms. The Morgan fingerprint density at radius 3 is 2.93 bits per heavy atom. The zero-order valence-corrected chi connectivity index (χ0v) is 8.34. The third-order valence-corrected chi connectivity index (χ3v) is 2.08. The van der Waals surface area contributed by atoms with E-state index in [0.29, 0.717) is 6.42 Å². The van der Waals surface area contributed by atoms with Crippen LogP contribution in [0, 0.1) is 0 Å². The molecule has 2 aromatic heterocycles. The van der Waals surface area contributed by atoms with Crippen LogP contribution in [0.5, 0.6) is 0 Å². The van der Waals surface area contributed by atoms with E-state index in [1.54, 1.807) is 6.92 Å². The largest absolute Gasteiger partial charge is 0.352 e. The second-order valence-electron chi connectivity index (χ2n) is 3.06. The van der Waals surface area contributed by atoms with Gasteiger partial charge in [-0.3, -0.25) is 4.79 Å². The molecular formula is C8H9N5O2. The summed E-state index contributed by atoms with van der Waals surface area (Å²) in [6.07, 6.45) is 1.61. The summed E-state index contributed by atoms with van der Waals surface area (Å²) >= 11 is 0. The van der Waals surface area contributed by atoms with E-state index in [0.717, 1.165) is 4.68 Å². The third kappa shape index (κ3) is 1.32. The van der Waals surface area contributed by atoms with Crippen molar-refractivity contribution in [2.45, 2.75) is 13.3 Å². The summed E-state index contributed by atoms with van der Waals surface area (Å²) in [6.45, 7) is 1.72. The van der Waals surface area contributed by atoms with Gasteiger partial charge in [0, 0.05) is 13.5 Å². The number of Topliss-reactive ketones (excluding diaryl/α,β-unsaturated/α-hetero) is 1. The van der Waals surface area contributed by atoms with Crippen molar-refractivity contribution in [1.82, 2.24) is 24.4 Å². The predicted molar refractivity (Wildman–Crippen MR) is 50.6 cm³/mol. The fourth-order valence-electron chi connectivity index (χ4n) is 1.25. The molecule has 0 bridgehead atoms. The smallest absolute Gasteiger partial charge is 0.292 e. The molecule has 78 valence electrons. The third-order valence-electron chi connectivity index (χ3n) is 2.08. The molecule has 0 unspecified atom stereocenters. The molecule has 0 amide bonds. The molecule has 0 aliphatic heterocycles. The van der Waals surface area contributed by atoms with Gasteiger partial charge in [-0.25, -0.2) is 14.2 Å². The van der Waals surface area contributed by atoms with Crippen molar-refractivity contribution in [1.29, 1.82) is 0 Å². The lowest BCUT2D eigenvalue weighted by atomic mass is 10.2. The van der Waals surface area contributed by atoms with Gasteiger partial charge in [0.2, 0.25) is 0 Å². The number of imidazole rings is 1. The quantitative estimate of drug-likeness (QED) is 0.615. The van der Waals surface area contributed by atoms with Gasteiger partial charge in [0.1, 0.15) is 6.33 Å².